The Morgan fingerprint density at radius 2 is 1.91 bits per heavy atom. The number of carboxylic acid groups (broad SMARTS) is 1. The van der Waals surface area contributed by atoms with Crippen LogP contribution < -0.4 is 0 Å². The van der Waals surface area contributed by atoms with Crippen molar-refractivity contribution < 1.29 is 14.7 Å². The Kier molecular flexibility index (Phi) is 4.37. The van der Waals surface area contributed by atoms with E-state index in [2.05, 4.69) is 11.5 Å². The summed E-state index contributed by atoms with van der Waals surface area (Å²) in [4.78, 5) is 25.7. The molecular formula is C18H22N2O3. The number of benzene rings is 1. The van der Waals surface area contributed by atoms with Gasteiger partial charge >= 0.3 is 5.97 Å². The van der Waals surface area contributed by atoms with E-state index < -0.39 is 5.97 Å². The molecule has 2 aromatic rings. The van der Waals surface area contributed by atoms with Crippen LogP contribution in [-0.2, 0) is 11.3 Å². The summed E-state index contributed by atoms with van der Waals surface area (Å²) in [5, 5.41) is 10.2. The van der Waals surface area contributed by atoms with Gasteiger partial charge in [0.1, 0.15) is 5.69 Å². The van der Waals surface area contributed by atoms with E-state index in [9.17, 15) is 9.59 Å². The highest BCUT2D eigenvalue weighted by atomic mass is 16.4. The van der Waals surface area contributed by atoms with Gasteiger partial charge in [-0.1, -0.05) is 25.1 Å². The van der Waals surface area contributed by atoms with Crippen molar-refractivity contribution >= 4 is 22.8 Å². The molecule has 0 saturated carbocycles. The molecule has 1 amide bonds. The van der Waals surface area contributed by atoms with E-state index in [-0.39, 0.29) is 11.8 Å². The molecule has 1 aromatic carbocycles. The number of aryl methyl sites for hydroxylation is 1. The Morgan fingerprint density at radius 3 is 2.57 bits per heavy atom. The first-order valence-electron chi connectivity index (χ1n) is 8.22. The quantitative estimate of drug-likeness (QED) is 0.943. The molecule has 5 nitrogen and oxygen atoms in total. The largest absolute Gasteiger partial charge is 0.481 e. The number of carbonyl (C=O) groups excluding carboxylic acids is 1. The average Bonchev–Trinajstić information content (AvgIpc) is 2.93. The van der Waals surface area contributed by atoms with Crippen molar-refractivity contribution in [3.63, 3.8) is 0 Å². The van der Waals surface area contributed by atoms with Gasteiger partial charge < -0.3 is 14.6 Å². The van der Waals surface area contributed by atoms with E-state index in [1.54, 1.807) is 4.90 Å². The van der Waals surface area contributed by atoms with Crippen molar-refractivity contribution in [2.45, 2.75) is 32.7 Å². The van der Waals surface area contributed by atoms with Crippen LogP contribution in [0.2, 0.25) is 0 Å². The average molecular weight is 314 g/mol. The molecule has 1 fully saturated rings. The van der Waals surface area contributed by atoms with E-state index in [0.29, 0.717) is 31.6 Å². The lowest BCUT2D eigenvalue weighted by Crippen LogP contribution is -2.41. The molecular weight excluding hydrogens is 292 g/mol. The molecule has 1 aromatic heterocycles. The molecule has 0 aliphatic carbocycles. The van der Waals surface area contributed by atoms with Crippen molar-refractivity contribution in [2.24, 2.45) is 5.92 Å². The Labute approximate surface area is 135 Å². The molecule has 5 heteroatoms. The number of nitrogens with zero attached hydrogens (tertiary/aromatic N) is 2. The van der Waals surface area contributed by atoms with Crippen molar-refractivity contribution in [3.8, 4) is 0 Å². The molecule has 1 N–H and O–H groups in total. The summed E-state index contributed by atoms with van der Waals surface area (Å²) in [6.45, 7) is 3.94. The van der Waals surface area contributed by atoms with Crippen LogP contribution in [0, 0.1) is 5.92 Å². The highest BCUT2D eigenvalue weighted by molar-refractivity contribution is 5.98. The molecule has 23 heavy (non-hydrogen) atoms. The molecule has 3 rings (SSSR count). The summed E-state index contributed by atoms with van der Waals surface area (Å²) < 4.78 is 2.08. The normalized spacial score (nSPS) is 16.0. The molecule has 0 unspecified atom stereocenters. The molecule has 1 aliphatic rings. The number of para-hydroxylation sites is 1. The highest BCUT2D eigenvalue weighted by Crippen LogP contribution is 2.24. The fourth-order valence-electron chi connectivity index (χ4n) is 3.34. The standard InChI is InChI=1S/C18H22N2O3/c1-2-9-20-15-6-4-3-5-14(15)12-16(20)17(21)19-10-7-13(8-11-19)18(22)23/h3-6,12-13H,2,7-11H2,1H3,(H,22,23). The van der Waals surface area contributed by atoms with Crippen LogP contribution in [0.25, 0.3) is 10.9 Å². The molecule has 0 radical (unpaired) electrons. The number of carboxylic acids is 1. The predicted octanol–water partition coefficient (Wildman–Crippen LogP) is 2.99. The van der Waals surface area contributed by atoms with E-state index in [0.717, 1.165) is 23.9 Å². The van der Waals surface area contributed by atoms with Gasteiger partial charge in [-0.3, -0.25) is 9.59 Å². The van der Waals surface area contributed by atoms with Crippen LogP contribution in [-0.4, -0.2) is 39.5 Å². The molecule has 2 heterocycles. The van der Waals surface area contributed by atoms with Gasteiger partial charge in [0.15, 0.2) is 0 Å². The zero-order valence-corrected chi connectivity index (χ0v) is 13.4. The van der Waals surface area contributed by atoms with Gasteiger partial charge in [-0.2, -0.15) is 0 Å². The van der Waals surface area contributed by atoms with E-state index >= 15 is 0 Å². The van der Waals surface area contributed by atoms with Crippen LogP contribution >= 0.6 is 0 Å². The minimum Gasteiger partial charge on any atom is -0.481 e. The number of hydrogen-bond acceptors (Lipinski definition) is 2. The van der Waals surface area contributed by atoms with Gasteiger partial charge in [-0.05, 0) is 31.4 Å². The molecule has 0 spiro atoms. The summed E-state index contributed by atoms with van der Waals surface area (Å²) in [7, 11) is 0. The van der Waals surface area contributed by atoms with Gasteiger partial charge in [0.2, 0.25) is 0 Å². The second kappa shape index (κ2) is 6.44. The third kappa shape index (κ3) is 2.96. The molecule has 1 saturated heterocycles. The minimum absolute atomic E-state index is 0.0125. The first-order chi connectivity index (χ1) is 11.1. The molecule has 0 atom stereocenters. The van der Waals surface area contributed by atoms with Crippen LogP contribution in [0.1, 0.15) is 36.7 Å². The van der Waals surface area contributed by atoms with Gasteiger partial charge in [0.25, 0.3) is 5.91 Å². The Bertz CT molecular complexity index is 727. The van der Waals surface area contributed by atoms with Crippen LogP contribution in [0.3, 0.4) is 0 Å². The van der Waals surface area contributed by atoms with E-state index in [1.165, 1.54) is 0 Å². The number of rotatable bonds is 4. The van der Waals surface area contributed by atoms with Gasteiger partial charge in [-0.25, -0.2) is 0 Å². The third-order valence-corrected chi connectivity index (χ3v) is 4.61. The molecule has 0 bridgehead atoms. The first-order valence-corrected chi connectivity index (χ1v) is 8.22. The van der Waals surface area contributed by atoms with Gasteiger partial charge in [0.05, 0.1) is 5.92 Å². The topological polar surface area (TPSA) is 62.5 Å². The van der Waals surface area contributed by atoms with E-state index in [4.69, 9.17) is 5.11 Å². The number of fused-ring (bicyclic) bond motifs is 1. The first kappa shape index (κ1) is 15.6. The monoisotopic (exact) mass is 314 g/mol. The van der Waals surface area contributed by atoms with Crippen molar-refractivity contribution in [1.29, 1.82) is 0 Å². The Balaban J connectivity index is 1.86. The lowest BCUT2D eigenvalue weighted by Gasteiger charge is -2.30. The maximum atomic E-state index is 12.9. The van der Waals surface area contributed by atoms with Gasteiger partial charge in [0, 0.05) is 30.5 Å². The number of amides is 1. The zero-order valence-electron chi connectivity index (χ0n) is 13.4. The number of hydrogen-bond donors (Lipinski definition) is 1. The van der Waals surface area contributed by atoms with E-state index in [1.807, 2.05) is 30.3 Å². The van der Waals surface area contributed by atoms with Gasteiger partial charge in [-0.15, -0.1) is 0 Å². The number of piperidine rings is 1. The second-order valence-electron chi connectivity index (χ2n) is 6.14. The third-order valence-electron chi connectivity index (χ3n) is 4.61. The number of likely N-dealkylation sites (tertiary alicyclic amines) is 1. The second-order valence-corrected chi connectivity index (χ2v) is 6.14. The molecule has 122 valence electrons. The lowest BCUT2D eigenvalue weighted by atomic mass is 9.97. The zero-order chi connectivity index (χ0) is 16.4. The smallest absolute Gasteiger partial charge is 0.306 e. The summed E-state index contributed by atoms with van der Waals surface area (Å²) in [6, 6.07) is 9.98. The Morgan fingerprint density at radius 1 is 1.22 bits per heavy atom. The number of aliphatic carboxylic acids is 1. The van der Waals surface area contributed by atoms with Crippen LogP contribution in [0.4, 0.5) is 0 Å². The predicted molar refractivity (Wildman–Crippen MR) is 88.5 cm³/mol. The SMILES string of the molecule is CCCn1c(C(=O)N2CCC(C(=O)O)CC2)cc2ccccc21. The Hall–Kier alpha value is -2.30. The summed E-state index contributed by atoms with van der Waals surface area (Å²) in [5.41, 5.74) is 1.79. The van der Waals surface area contributed by atoms with Crippen molar-refractivity contribution in [3.05, 3.63) is 36.0 Å². The fraction of sp³-hybridized carbons (Fsp3) is 0.444. The number of aromatic nitrogens is 1. The summed E-state index contributed by atoms with van der Waals surface area (Å²) in [5.74, 6) is -1.06. The van der Waals surface area contributed by atoms with Crippen molar-refractivity contribution in [1.82, 2.24) is 9.47 Å². The number of carbonyl (C=O) groups is 2. The minimum atomic E-state index is -0.753. The van der Waals surface area contributed by atoms with Crippen molar-refractivity contribution in [2.75, 3.05) is 13.1 Å². The fourth-order valence-corrected chi connectivity index (χ4v) is 3.34. The lowest BCUT2D eigenvalue weighted by molar-refractivity contribution is -0.143. The summed E-state index contributed by atoms with van der Waals surface area (Å²) in [6.07, 6.45) is 2.03. The maximum Gasteiger partial charge on any atom is 0.306 e. The van der Waals surface area contributed by atoms with Crippen LogP contribution in [0.5, 0.6) is 0 Å². The van der Waals surface area contributed by atoms with Crippen LogP contribution in [0.15, 0.2) is 30.3 Å². The molecule has 1 aliphatic heterocycles. The maximum absolute atomic E-state index is 12.9. The highest BCUT2D eigenvalue weighted by Gasteiger charge is 2.29. The summed E-state index contributed by atoms with van der Waals surface area (Å²) >= 11 is 0.